The second-order valence-corrected chi connectivity index (χ2v) is 11.5. The summed E-state index contributed by atoms with van der Waals surface area (Å²) in [6, 6.07) is 10.0. The van der Waals surface area contributed by atoms with Gasteiger partial charge in [-0.3, -0.25) is 24.0 Å². The zero-order valence-corrected chi connectivity index (χ0v) is 23.3. The molecule has 2 aromatic carbocycles. The summed E-state index contributed by atoms with van der Waals surface area (Å²) in [5, 5.41) is 14.1. The van der Waals surface area contributed by atoms with Crippen LogP contribution in [0.15, 0.2) is 46.9 Å². The molecule has 0 heterocycles. The fourth-order valence-electron chi connectivity index (χ4n) is 3.41. The maximum absolute atomic E-state index is 13.6. The Bertz CT molecular complexity index is 1220. The predicted octanol–water partition coefficient (Wildman–Crippen LogP) is 3.76. The second-order valence-electron chi connectivity index (χ2n) is 8.64. The summed E-state index contributed by atoms with van der Waals surface area (Å²) in [7, 11) is -4.00. The number of anilines is 1. The minimum atomic E-state index is -4.00. The highest BCUT2D eigenvalue weighted by atomic mass is 79.9. The van der Waals surface area contributed by atoms with Gasteiger partial charge in [-0.1, -0.05) is 41.1 Å². The third-order valence-corrected chi connectivity index (χ3v) is 7.44. The van der Waals surface area contributed by atoms with Crippen molar-refractivity contribution in [2.75, 3.05) is 17.1 Å². The molecule has 36 heavy (non-hydrogen) atoms. The molecular formula is C24H31BrN4O6S. The van der Waals surface area contributed by atoms with Gasteiger partial charge in [0.2, 0.25) is 21.8 Å². The SMILES string of the molecule is CC[C@@H](C)NC(=O)[C@@H](C)N(Cc1ccc(Br)cc1)C(=O)CN(c1cc([N+](=O)[O-])ccc1C)S(C)(=O)=O. The number of rotatable bonds is 11. The molecule has 0 bridgehead atoms. The normalized spacial score (nSPS) is 12.9. The monoisotopic (exact) mass is 582 g/mol. The fraction of sp³-hybridized carbons (Fsp3) is 0.417. The van der Waals surface area contributed by atoms with Crippen molar-refractivity contribution in [1.29, 1.82) is 0 Å². The number of nitrogens with one attached hydrogen (secondary N) is 1. The molecule has 0 fully saturated rings. The molecule has 0 aromatic heterocycles. The van der Waals surface area contributed by atoms with Crippen molar-refractivity contribution in [3.05, 3.63) is 68.2 Å². The third-order valence-electron chi connectivity index (χ3n) is 5.79. The number of halogens is 1. The molecule has 2 aromatic rings. The number of carbonyl (C=O) groups is 2. The lowest BCUT2D eigenvalue weighted by molar-refractivity contribution is -0.384. The van der Waals surface area contributed by atoms with Gasteiger partial charge >= 0.3 is 0 Å². The Balaban J connectivity index is 2.47. The van der Waals surface area contributed by atoms with Gasteiger partial charge in [-0.2, -0.15) is 0 Å². The number of sulfonamides is 1. The number of hydrogen-bond donors (Lipinski definition) is 1. The first-order valence-electron chi connectivity index (χ1n) is 11.3. The molecule has 0 radical (unpaired) electrons. The largest absolute Gasteiger partial charge is 0.352 e. The molecule has 0 saturated heterocycles. The number of aryl methyl sites for hydroxylation is 1. The van der Waals surface area contributed by atoms with Gasteiger partial charge in [0.1, 0.15) is 12.6 Å². The van der Waals surface area contributed by atoms with E-state index in [1.165, 1.54) is 17.0 Å². The molecule has 2 atom stereocenters. The maximum atomic E-state index is 13.6. The van der Waals surface area contributed by atoms with Crippen molar-refractivity contribution in [1.82, 2.24) is 10.2 Å². The Morgan fingerprint density at radius 1 is 1.14 bits per heavy atom. The molecular weight excluding hydrogens is 552 g/mol. The number of hydrogen-bond acceptors (Lipinski definition) is 6. The van der Waals surface area contributed by atoms with Crippen LogP contribution in [0.1, 0.15) is 38.3 Å². The molecule has 0 aliphatic rings. The summed E-state index contributed by atoms with van der Waals surface area (Å²) in [5.74, 6) is -0.992. The molecule has 1 N–H and O–H groups in total. The van der Waals surface area contributed by atoms with Gasteiger partial charge in [0.25, 0.3) is 5.69 Å². The first-order valence-corrected chi connectivity index (χ1v) is 14.0. The van der Waals surface area contributed by atoms with E-state index in [1.807, 2.05) is 13.8 Å². The number of benzene rings is 2. The molecule has 10 nitrogen and oxygen atoms in total. The van der Waals surface area contributed by atoms with Crippen molar-refractivity contribution in [2.24, 2.45) is 0 Å². The summed E-state index contributed by atoms with van der Waals surface area (Å²) >= 11 is 3.36. The topological polar surface area (TPSA) is 130 Å². The Labute approximate surface area is 220 Å². The van der Waals surface area contributed by atoms with E-state index in [4.69, 9.17) is 0 Å². The molecule has 12 heteroatoms. The van der Waals surface area contributed by atoms with E-state index in [-0.39, 0.29) is 29.9 Å². The molecule has 0 saturated carbocycles. The summed E-state index contributed by atoms with van der Waals surface area (Å²) in [6.45, 7) is 6.39. The molecule has 0 aliphatic heterocycles. The van der Waals surface area contributed by atoms with Crippen LogP contribution in [0.5, 0.6) is 0 Å². The molecule has 0 aliphatic carbocycles. The molecule has 0 spiro atoms. The smallest absolute Gasteiger partial charge is 0.271 e. The Morgan fingerprint density at radius 3 is 2.28 bits per heavy atom. The number of nitrogens with zero attached hydrogens (tertiary/aromatic N) is 3. The van der Waals surface area contributed by atoms with Crippen LogP contribution in [0.25, 0.3) is 0 Å². The van der Waals surface area contributed by atoms with Crippen LogP contribution in [0.3, 0.4) is 0 Å². The van der Waals surface area contributed by atoms with Gasteiger partial charge in [0.15, 0.2) is 0 Å². The number of nitro groups is 1. The lowest BCUT2D eigenvalue weighted by Crippen LogP contribution is -2.52. The van der Waals surface area contributed by atoms with Crippen LogP contribution in [0.4, 0.5) is 11.4 Å². The van der Waals surface area contributed by atoms with Gasteiger partial charge < -0.3 is 10.2 Å². The van der Waals surface area contributed by atoms with E-state index in [0.29, 0.717) is 12.0 Å². The third kappa shape index (κ3) is 7.76. The average molecular weight is 584 g/mol. The summed E-state index contributed by atoms with van der Waals surface area (Å²) < 4.78 is 27.1. The van der Waals surface area contributed by atoms with E-state index in [9.17, 15) is 28.1 Å². The van der Waals surface area contributed by atoms with Crippen LogP contribution in [-0.4, -0.2) is 54.9 Å². The number of nitro benzene ring substituents is 1. The first kappa shape index (κ1) is 29.2. The predicted molar refractivity (Wildman–Crippen MR) is 142 cm³/mol. The van der Waals surface area contributed by atoms with E-state index in [0.717, 1.165) is 26.7 Å². The summed E-state index contributed by atoms with van der Waals surface area (Å²) in [5.41, 5.74) is 0.915. The summed E-state index contributed by atoms with van der Waals surface area (Å²) in [6.07, 6.45) is 1.63. The lowest BCUT2D eigenvalue weighted by Gasteiger charge is -2.32. The molecule has 2 rings (SSSR count). The zero-order valence-electron chi connectivity index (χ0n) is 20.9. The first-order chi connectivity index (χ1) is 16.7. The van der Waals surface area contributed by atoms with Crippen LogP contribution in [0, 0.1) is 17.0 Å². The quantitative estimate of drug-likeness (QED) is 0.317. The van der Waals surface area contributed by atoms with Crippen molar-refractivity contribution >= 4 is 49.1 Å². The van der Waals surface area contributed by atoms with E-state index in [2.05, 4.69) is 21.2 Å². The molecule has 196 valence electrons. The van der Waals surface area contributed by atoms with Crippen molar-refractivity contribution < 1.29 is 22.9 Å². The number of carbonyl (C=O) groups excluding carboxylic acids is 2. The lowest BCUT2D eigenvalue weighted by atomic mass is 10.1. The average Bonchev–Trinajstić information content (AvgIpc) is 2.81. The minimum absolute atomic E-state index is 0.0281. The Kier molecular flexibility index (Phi) is 10.00. The molecule has 0 unspecified atom stereocenters. The van der Waals surface area contributed by atoms with Crippen molar-refractivity contribution in [2.45, 2.75) is 52.7 Å². The summed E-state index contributed by atoms with van der Waals surface area (Å²) in [4.78, 5) is 38.4. The van der Waals surface area contributed by atoms with Gasteiger partial charge in [-0.25, -0.2) is 8.42 Å². The highest BCUT2D eigenvalue weighted by molar-refractivity contribution is 9.10. The fourth-order valence-corrected chi connectivity index (χ4v) is 4.57. The highest BCUT2D eigenvalue weighted by Crippen LogP contribution is 2.28. The highest BCUT2D eigenvalue weighted by Gasteiger charge is 2.31. The van der Waals surface area contributed by atoms with E-state index >= 15 is 0 Å². The Morgan fingerprint density at radius 2 is 1.75 bits per heavy atom. The molecule has 2 amide bonds. The standard InChI is InChI=1S/C24H31BrN4O6S/c1-6-17(3)26-24(31)18(4)27(14-19-8-10-20(25)11-9-19)23(30)15-28(36(5,34)35)22-13-21(29(32)33)12-7-16(22)2/h7-13,17-18H,6,14-15H2,1-5H3,(H,26,31)/t17-,18-/m1/s1. The van der Waals surface area contributed by atoms with Gasteiger partial charge in [-0.15, -0.1) is 0 Å². The van der Waals surface area contributed by atoms with Gasteiger partial charge in [0.05, 0.1) is 16.9 Å². The second kappa shape index (κ2) is 12.3. The zero-order chi connectivity index (χ0) is 27.2. The van der Waals surface area contributed by atoms with Crippen LogP contribution >= 0.6 is 15.9 Å². The maximum Gasteiger partial charge on any atom is 0.271 e. The minimum Gasteiger partial charge on any atom is -0.352 e. The van der Waals surface area contributed by atoms with Crippen LogP contribution in [0.2, 0.25) is 0 Å². The van der Waals surface area contributed by atoms with E-state index < -0.39 is 33.4 Å². The van der Waals surface area contributed by atoms with Gasteiger partial charge in [-0.05, 0) is 50.5 Å². The van der Waals surface area contributed by atoms with Crippen LogP contribution in [-0.2, 0) is 26.2 Å². The van der Waals surface area contributed by atoms with Crippen molar-refractivity contribution in [3.63, 3.8) is 0 Å². The van der Waals surface area contributed by atoms with Gasteiger partial charge in [0, 0.05) is 29.2 Å². The van der Waals surface area contributed by atoms with Crippen LogP contribution < -0.4 is 9.62 Å². The number of amides is 2. The Hall–Kier alpha value is -2.99. The van der Waals surface area contributed by atoms with E-state index in [1.54, 1.807) is 38.1 Å². The number of non-ortho nitro benzene ring substituents is 1. The van der Waals surface area contributed by atoms with Crippen molar-refractivity contribution in [3.8, 4) is 0 Å².